The standard InChI is InChI=1S/C18H20N4O/c1-13(18-21-15-5-3-4-6-16(15)22(18)2)20-17(23)8-7-14-9-11-19-12-10-14/h3-6,9-13H,7-8H2,1-2H3,(H,20,23)/t13-/m1/s1. The van der Waals surface area contributed by atoms with E-state index >= 15 is 0 Å². The van der Waals surface area contributed by atoms with Gasteiger partial charge in [0.2, 0.25) is 5.91 Å². The molecule has 5 heteroatoms. The van der Waals surface area contributed by atoms with E-state index in [1.807, 2.05) is 54.9 Å². The Morgan fingerprint density at radius 1 is 1.22 bits per heavy atom. The minimum atomic E-state index is -0.127. The average Bonchev–Trinajstić information content (AvgIpc) is 2.91. The summed E-state index contributed by atoms with van der Waals surface area (Å²) in [5, 5.41) is 3.03. The van der Waals surface area contributed by atoms with Gasteiger partial charge in [0, 0.05) is 25.9 Å². The molecule has 5 nitrogen and oxygen atoms in total. The van der Waals surface area contributed by atoms with Gasteiger partial charge in [-0.1, -0.05) is 12.1 Å². The van der Waals surface area contributed by atoms with Crippen molar-refractivity contribution in [3.63, 3.8) is 0 Å². The molecule has 0 bridgehead atoms. The number of nitrogens with zero attached hydrogens (tertiary/aromatic N) is 3. The van der Waals surface area contributed by atoms with Crippen LogP contribution in [0.15, 0.2) is 48.8 Å². The van der Waals surface area contributed by atoms with Crippen LogP contribution in [0.4, 0.5) is 0 Å². The number of nitrogens with one attached hydrogen (secondary N) is 1. The van der Waals surface area contributed by atoms with E-state index < -0.39 is 0 Å². The van der Waals surface area contributed by atoms with E-state index in [-0.39, 0.29) is 11.9 Å². The van der Waals surface area contributed by atoms with Gasteiger partial charge in [-0.25, -0.2) is 4.98 Å². The van der Waals surface area contributed by atoms with Gasteiger partial charge in [0.1, 0.15) is 5.82 Å². The highest BCUT2D eigenvalue weighted by molar-refractivity contribution is 5.78. The Kier molecular flexibility index (Phi) is 4.37. The molecule has 0 radical (unpaired) electrons. The fourth-order valence-corrected chi connectivity index (χ4v) is 2.74. The molecular formula is C18H20N4O. The second-order valence-electron chi connectivity index (χ2n) is 5.66. The van der Waals surface area contributed by atoms with E-state index in [2.05, 4.69) is 15.3 Å². The van der Waals surface area contributed by atoms with Gasteiger partial charge in [0.15, 0.2) is 0 Å². The number of hydrogen-bond donors (Lipinski definition) is 1. The number of carbonyl (C=O) groups is 1. The molecule has 23 heavy (non-hydrogen) atoms. The van der Waals surface area contributed by atoms with Crippen molar-refractivity contribution in [1.29, 1.82) is 0 Å². The molecular weight excluding hydrogens is 288 g/mol. The van der Waals surface area contributed by atoms with Crippen LogP contribution in [0, 0.1) is 0 Å². The highest BCUT2D eigenvalue weighted by atomic mass is 16.1. The summed E-state index contributed by atoms with van der Waals surface area (Å²) in [5.41, 5.74) is 3.13. The molecule has 2 aromatic heterocycles. The molecule has 0 aliphatic rings. The molecule has 1 N–H and O–H groups in total. The predicted molar refractivity (Wildman–Crippen MR) is 89.8 cm³/mol. The summed E-state index contributed by atoms with van der Waals surface area (Å²) in [6.07, 6.45) is 4.66. The van der Waals surface area contributed by atoms with Crippen LogP contribution < -0.4 is 5.32 Å². The molecule has 0 fully saturated rings. The van der Waals surface area contributed by atoms with Crippen LogP contribution in [0.5, 0.6) is 0 Å². The van der Waals surface area contributed by atoms with E-state index in [9.17, 15) is 4.79 Å². The largest absolute Gasteiger partial charge is 0.346 e. The number of hydrogen-bond acceptors (Lipinski definition) is 3. The maximum absolute atomic E-state index is 12.2. The topological polar surface area (TPSA) is 59.8 Å². The number of fused-ring (bicyclic) bond motifs is 1. The van der Waals surface area contributed by atoms with Crippen LogP contribution in [-0.2, 0) is 18.3 Å². The van der Waals surface area contributed by atoms with Gasteiger partial charge in [-0.05, 0) is 43.2 Å². The summed E-state index contributed by atoms with van der Waals surface area (Å²) in [5.74, 6) is 0.893. The number of imidazole rings is 1. The lowest BCUT2D eigenvalue weighted by Crippen LogP contribution is -2.28. The Labute approximate surface area is 135 Å². The Balaban J connectivity index is 1.64. The van der Waals surface area contributed by atoms with Crippen molar-refractivity contribution in [2.45, 2.75) is 25.8 Å². The van der Waals surface area contributed by atoms with Gasteiger partial charge < -0.3 is 9.88 Å². The van der Waals surface area contributed by atoms with Crippen molar-refractivity contribution < 1.29 is 4.79 Å². The number of pyridine rings is 1. The predicted octanol–water partition coefficient (Wildman–Crippen LogP) is 2.78. The summed E-state index contributed by atoms with van der Waals surface area (Å²) in [6.45, 7) is 1.96. The van der Waals surface area contributed by atoms with Gasteiger partial charge >= 0.3 is 0 Å². The minimum Gasteiger partial charge on any atom is -0.346 e. The number of rotatable bonds is 5. The maximum atomic E-state index is 12.2. The third-order valence-electron chi connectivity index (χ3n) is 3.98. The quantitative estimate of drug-likeness (QED) is 0.788. The second-order valence-corrected chi connectivity index (χ2v) is 5.66. The van der Waals surface area contributed by atoms with E-state index in [0.29, 0.717) is 12.8 Å². The summed E-state index contributed by atoms with van der Waals surface area (Å²) >= 11 is 0. The third-order valence-corrected chi connectivity index (χ3v) is 3.98. The number of amides is 1. The van der Waals surface area contributed by atoms with Gasteiger partial charge in [-0.2, -0.15) is 0 Å². The van der Waals surface area contributed by atoms with E-state index in [4.69, 9.17) is 0 Å². The van der Waals surface area contributed by atoms with E-state index in [1.54, 1.807) is 12.4 Å². The Hall–Kier alpha value is -2.69. The fourth-order valence-electron chi connectivity index (χ4n) is 2.74. The first-order chi connectivity index (χ1) is 11.1. The number of aryl methyl sites for hydroxylation is 2. The number of carbonyl (C=O) groups excluding carboxylic acids is 1. The zero-order valence-corrected chi connectivity index (χ0v) is 13.4. The molecule has 0 aliphatic heterocycles. The van der Waals surface area contributed by atoms with Crippen molar-refractivity contribution in [3.8, 4) is 0 Å². The lowest BCUT2D eigenvalue weighted by molar-refractivity contribution is -0.121. The molecule has 3 rings (SSSR count). The van der Waals surface area contributed by atoms with Crippen molar-refractivity contribution >= 4 is 16.9 Å². The summed E-state index contributed by atoms with van der Waals surface area (Å²) in [4.78, 5) is 20.8. The molecule has 0 unspecified atom stereocenters. The van der Waals surface area contributed by atoms with Crippen LogP contribution in [0.1, 0.15) is 30.8 Å². The average molecular weight is 308 g/mol. The van der Waals surface area contributed by atoms with E-state index in [0.717, 1.165) is 22.4 Å². The van der Waals surface area contributed by atoms with Crippen molar-refractivity contribution in [2.75, 3.05) is 0 Å². The molecule has 1 amide bonds. The lowest BCUT2D eigenvalue weighted by atomic mass is 10.1. The Morgan fingerprint density at radius 3 is 2.70 bits per heavy atom. The van der Waals surface area contributed by atoms with Crippen LogP contribution in [0.3, 0.4) is 0 Å². The molecule has 1 atom stereocenters. The molecule has 0 aliphatic carbocycles. The van der Waals surface area contributed by atoms with Crippen molar-refractivity contribution in [3.05, 3.63) is 60.2 Å². The monoisotopic (exact) mass is 308 g/mol. The summed E-state index contributed by atoms with van der Waals surface area (Å²) in [7, 11) is 1.98. The highest BCUT2D eigenvalue weighted by Gasteiger charge is 2.16. The highest BCUT2D eigenvalue weighted by Crippen LogP contribution is 2.19. The van der Waals surface area contributed by atoms with E-state index in [1.165, 1.54) is 0 Å². The molecule has 2 heterocycles. The molecule has 0 saturated carbocycles. The van der Waals surface area contributed by atoms with Gasteiger partial charge in [-0.3, -0.25) is 9.78 Å². The van der Waals surface area contributed by atoms with Gasteiger partial charge in [0.05, 0.1) is 17.1 Å². The van der Waals surface area contributed by atoms with Gasteiger partial charge in [-0.15, -0.1) is 0 Å². The minimum absolute atomic E-state index is 0.0290. The first kappa shape index (κ1) is 15.2. The Morgan fingerprint density at radius 2 is 1.96 bits per heavy atom. The summed E-state index contributed by atoms with van der Waals surface area (Å²) in [6, 6.07) is 11.7. The zero-order chi connectivity index (χ0) is 16.2. The normalized spacial score (nSPS) is 12.3. The Bertz CT molecular complexity index is 810. The van der Waals surface area contributed by atoms with Crippen LogP contribution in [0.2, 0.25) is 0 Å². The lowest BCUT2D eigenvalue weighted by Gasteiger charge is -2.14. The maximum Gasteiger partial charge on any atom is 0.220 e. The molecule has 0 spiro atoms. The van der Waals surface area contributed by atoms with Crippen molar-refractivity contribution in [2.24, 2.45) is 7.05 Å². The van der Waals surface area contributed by atoms with Gasteiger partial charge in [0.25, 0.3) is 0 Å². The van der Waals surface area contributed by atoms with Crippen LogP contribution in [-0.4, -0.2) is 20.4 Å². The number of para-hydroxylation sites is 2. The molecule has 0 saturated heterocycles. The number of aromatic nitrogens is 3. The second kappa shape index (κ2) is 6.60. The molecule has 118 valence electrons. The molecule has 3 aromatic rings. The smallest absolute Gasteiger partial charge is 0.220 e. The van der Waals surface area contributed by atoms with Crippen LogP contribution >= 0.6 is 0 Å². The summed E-state index contributed by atoms with van der Waals surface area (Å²) < 4.78 is 2.03. The third kappa shape index (κ3) is 3.39. The first-order valence-corrected chi connectivity index (χ1v) is 7.75. The SMILES string of the molecule is C[C@@H](NC(=O)CCc1ccncc1)c1nc2ccccc2n1C. The molecule has 1 aromatic carbocycles. The number of benzene rings is 1. The van der Waals surface area contributed by atoms with Crippen molar-refractivity contribution in [1.82, 2.24) is 19.9 Å². The zero-order valence-electron chi connectivity index (χ0n) is 13.4. The van der Waals surface area contributed by atoms with Crippen LogP contribution in [0.25, 0.3) is 11.0 Å². The fraction of sp³-hybridized carbons (Fsp3) is 0.278. The first-order valence-electron chi connectivity index (χ1n) is 7.75.